The Hall–Kier alpha value is -3.53. The van der Waals surface area contributed by atoms with Crippen LogP contribution in [0.1, 0.15) is 88.5 Å². The highest BCUT2D eigenvalue weighted by molar-refractivity contribution is 7.18. The van der Waals surface area contributed by atoms with Crippen molar-refractivity contribution in [3.8, 4) is 0 Å². The number of fused-ring (bicyclic) bond motifs is 1. The summed E-state index contributed by atoms with van der Waals surface area (Å²) >= 11 is 7.68. The summed E-state index contributed by atoms with van der Waals surface area (Å²) in [6.45, 7) is 13.0. The summed E-state index contributed by atoms with van der Waals surface area (Å²) in [6.07, 6.45) is 2.46. The molecule has 1 aromatic heterocycles. The molecule has 1 aliphatic heterocycles. The van der Waals surface area contributed by atoms with Gasteiger partial charge in [-0.1, -0.05) is 68.3 Å². The van der Waals surface area contributed by atoms with Gasteiger partial charge in [0.1, 0.15) is 24.6 Å². The largest absolute Gasteiger partial charge is 0.508 e. The molecule has 4 rings (SSSR count). The van der Waals surface area contributed by atoms with E-state index in [0.717, 1.165) is 39.2 Å². The van der Waals surface area contributed by atoms with Gasteiger partial charge < -0.3 is 19.3 Å². The van der Waals surface area contributed by atoms with Crippen molar-refractivity contribution in [1.82, 2.24) is 4.98 Å². The molecule has 2 heterocycles. The minimum Gasteiger partial charge on any atom is -0.457 e. The lowest BCUT2D eigenvalue weighted by molar-refractivity contribution is -0.156. The number of carbonyl (C=O) groups is 3. The number of ketones is 1. The summed E-state index contributed by atoms with van der Waals surface area (Å²) in [5, 5.41) is 12.8. The molecule has 0 radical (unpaired) electrons. The fourth-order valence-electron chi connectivity index (χ4n) is 6.13. The topological polar surface area (TPSA) is 112 Å². The molecule has 0 amide bonds. The van der Waals surface area contributed by atoms with E-state index in [1.54, 1.807) is 55.5 Å². The number of rotatable bonds is 6. The number of halogens is 1. The molecule has 2 aromatic carbocycles. The fraction of sp³-hybridized carbons (Fsp3) is 0.474. The zero-order chi connectivity index (χ0) is 35.0. The Balaban J connectivity index is 1.60. The number of esters is 1. The molecular formula is C38H46ClNO7S. The molecule has 8 nitrogen and oxygen atoms in total. The highest BCUT2D eigenvalue weighted by Crippen LogP contribution is 2.37. The van der Waals surface area contributed by atoms with Crippen LogP contribution in [-0.4, -0.2) is 40.2 Å². The number of aryl methyl sites for hydroxylation is 1. The normalized spacial score (nSPS) is 24.4. The Morgan fingerprint density at radius 3 is 2.71 bits per heavy atom. The van der Waals surface area contributed by atoms with Gasteiger partial charge in [-0.15, -0.1) is 17.9 Å². The first-order valence-electron chi connectivity index (χ1n) is 16.4. The number of aliphatic hydroxyl groups excluding tert-OH is 1. The van der Waals surface area contributed by atoms with Crippen molar-refractivity contribution < 1.29 is 33.7 Å². The number of Topliss-reactive ketones (excluding diaryl/α,β-unsaturated/α-hetero) is 1. The SMILES string of the molecule is C=CC[C@H]1C(=O)C(C)(C)[C@@H](O)CC(=O)O[C@H](c2ccc3sc(C)nc3c2)CC=C(C)CCC[C@H](C)[C@@H]1OC(=O)OCc1cccc(Cl)c1. The first-order valence-corrected chi connectivity index (χ1v) is 17.6. The van der Waals surface area contributed by atoms with Crippen molar-refractivity contribution in [3.63, 3.8) is 0 Å². The van der Waals surface area contributed by atoms with Gasteiger partial charge in [0, 0.05) is 11.4 Å². The number of thiazole rings is 1. The number of hydrogen-bond donors (Lipinski definition) is 1. The summed E-state index contributed by atoms with van der Waals surface area (Å²) in [4.78, 5) is 45.3. The first kappa shape index (κ1) is 37.3. The Morgan fingerprint density at radius 1 is 1.21 bits per heavy atom. The third-order valence-electron chi connectivity index (χ3n) is 9.10. The van der Waals surface area contributed by atoms with Crippen LogP contribution >= 0.6 is 22.9 Å². The van der Waals surface area contributed by atoms with Gasteiger partial charge in [-0.25, -0.2) is 9.78 Å². The zero-order valence-electron chi connectivity index (χ0n) is 28.4. The van der Waals surface area contributed by atoms with Crippen LogP contribution in [0.15, 0.2) is 66.8 Å². The van der Waals surface area contributed by atoms with Crippen LogP contribution in [0.5, 0.6) is 0 Å². The molecule has 3 aromatic rings. The monoisotopic (exact) mass is 695 g/mol. The van der Waals surface area contributed by atoms with Crippen molar-refractivity contribution in [2.75, 3.05) is 0 Å². The van der Waals surface area contributed by atoms with E-state index in [1.165, 1.54) is 0 Å². The van der Waals surface area contributed by atoms with Crippen LogP contribution < -0.4 is 0 Å². The van der Waals surface area contributed by atoms with E-state index in [1.807, 2.05) is 39.0 Å². The molecule has 0 unspecified atom stereocenters. The van der Waals surface area contributed by atoms with E-state index in [9.17, 15) is 19.5 Å². The average Bonchev–Trinajstić information content (AvgIpc) is 3.42. The van der Waals surface area contributed by atoms with Crippen molar-refractivity contribution >= 4 is 51.1 Å². The lowest BCUT2D eigenvalue weighted by Crippen LogP contribution is -2.47. The summed E-state index contributed by atoms with van der Waals surface area (Å²) in [7, 11) is 0. The van der Waals surface area contributed by atoms with Gasteiger partial charge >= 0.3 is 12.1 Å². The number of ether oxygens (including phenoxy) is 3. The molecule has 0 fully saturated rings. The maximum atomic E-state index is 14.3. The van der Waals surface area contributed by atoms with Gasteiger partial charge in [-0.05, 0) is 80.8 Å². The Kier molecular flexibility index (Phi) is 13.0. The minimum absolute atomic E-state index is 0.0465. The molecule has 0 spiro atoms. The summed E-state index contributed by atoms with van der Waals surface area (Å²) < 4.78 is 18.4. The molecule has 10 heteroatoms. The molecule has 258 valence electrons. The van der Waals surface area contributed by atoms with Crippen LogP contribution in [-0.2, 0) is 30.4 Å². The van der Waals surface area contributed by atoms with Crippen LogP contribution in [0.25, 0.3) is 10.2 Å². The number of aromatic nitrogens is 1. The number of hydrogen-bond acceptors (Lipinski definition) is 9. The molecule has 0 saturated carbocycles. The van der Waals surface area contributed by atoms with E-state index >= 15 is 0 Å². The first-order chi connectivity index (χ1) is 22.8. The van der Waals surface area contributed by atoms with Gasteiger partial charge in [0.05, 0.1) is 39.1 Å². The van der Waals surface area contributed by atoms with E-state index in [4.69, 9.17) is 25.8 Å². The molecule has 0 aliphatic carbocycles. The predicted octanol–water partition coefficient (Wildman–Crippen LogP) is 9.26. The summed E-state index contributed by atoms with van der Waals surface area (Å²) in [5.74, 6) is -2.02. The lowest BCUT2D eigenvalue weighted by atomic mass is 9.71. The van der Waals surface area contributed by atoms with Crippen LogP contribution in [0, 0.1) is 24.2 Å². The Morgan fingerprint density at radius 2 is 1.98 bits per heavy atom. The van der Waals surface area contributed by atoms with Crippen molar-refractivity contribution in [2.24, 2.45) is 17.3 Å². The van der Waals surface area contributed by atoms with Gasteiger partial charge in [0.2, 0.25) is 0 Å². The quantitative estimate of drug-likeness (QED) is 0.201. The standard InChI is InChI=1S/C38H46ClNO7S/c1-7-10-29-35(47-37(44)45-22-26-13-9-14-28(39)19-26)24(3)12-8-11-23(2)15-17-31(27-16-18-32-30(20-27)40-25(4)48-32)46-34(42)21-33(41)38(5,6)36(29)43/h7,9,13-16,18-20,24,29,31,33,35,41H,1,8,10-12,17,21-22H2,2-6H3/t24-,29+,31-,33-,35-/m0/s1. The van der Waals surface area contributed by atoms with Gasteiger partial charge in [-0.3, -0.25) is 9.59 Å². The van der Waals surface area contributed by atoms with E-state index in [2.05, 4.69) is 17.6 Å². The van der Waals surface area contributed by atoms with E-state index < -0.39 is 41.8 Å². The van der Waals surface area contributed by atoms with E-state index in [-0.39, 0.29) is 31.1 Å². The number of benzene rings is 2. The molecule has 0 bridgehead atoms. The number of nitrogens with zero attached hydrogens (tertiary/aromatic N) is 1. The smallest absolute Gasteiger partial charge is 0.457 e. The highest BCUT2D eigenvalue weighted by Gasteiger charge is 2.45. The number of aliphatic hydroxyl groups is 1. The van der Waals surface area contributed by atoms with Crippen LogP contribution in [0.3, 0.4) is 0 Å². The van der Waals surface area contributed by atoms with Crippen molar-refractivity contribution in [3.05, 3.63) is 87.9 Å². The van der Waals surface area contributed by atoms with Gasteiger partial charge in [0.25, 0.3) is 0 Å². The van der Waals surface area contributed by atoms with E-state index in [0.29, 0.717) is 23.4 Å². The molecule has 5 atom stereocenters. The molecule has 0 saturated heterocycles. The molecule has 48 heavy (non-hydrogen) atoms. The average molecular weight is 696 g/mol. The van der Waals surface area contributed by atoms with Crippen LogP contribution in [0.4, 0.5) is 4.79 Å². The number of allylic oxidation sites excluding steroid dienone is 2. The minimum atomic E-state index is -1.38. The highest BCUT2D eigenvalue weighted by atomic mass is 35.5. The second kappa shape index (κ2) is 16.7. The van der Waals surface area contributed by atoms with Crippen LogP contribution in [0.2, 0.25) is 5.02 Å². The Bertz CT molecular complexity index is 1650. The zero-order valence-corrected chi connectivity index (χ0v) is 29.9. The lowest BCUT2D eigenvalue weighted by Gasteiger charge is -2.37. The van der Waals surface area contributed by atoms with Crippen molar-refractivity contribution in [1.29, 1.82) is 0 Å². The third kappa shape index (κ3) is 9.77. The number of carbonyl (C=O) groups excluding carboxylic acids is 3. The van der Waals surface area contributed by atoms with Gasteiger partial charge in [0.15, 0.2) is 0 Å². The Labute approximate surface area is 292 Å². The summed E-state index contributed by atoms with van der Waals surface area (Å²) in [6, 6.07) is 12.9. The second-order valence-electron chi connectivity index (χ2n) is 13.3. The molecule has 1 N–H and O–H groups in total. The maximum absolute atomic E-state index is 14.3. The summed E-state index contributed by atoms with van der Waals surface area (Å²) in [5.41, 5.74) is 2.11. The fourth-order valence-corrected chi connectivity index (χ4v) is 7.15. The number of cyclic esters (lactones) is 1. The van der Waals surface area contributed by atoms with Crippen molar-refractivity contribution in [2.45, 2.75) is 98.1 Å². The third-order valence-corrected chi connectivity index (χ3v) is 10.3. The maximum Gasteiger partial charge on any atom is 0.508 e. The van der Waals surface area contributed by atoms with Gasteiger partial charge in [-0.2, -0.15) is 0 Å². The second-order valence-corrected chi connectivity index (χ2v) is 15.0. The predicted molar refractivity (Wildman–Crippen MR) is 189 cm³/mol. The molecule has 1 aliphatic rings. The molecular weight excluding hydrogens is 650 g/mol.